The van der Waals surface area contributed by atoms with Gasteiger partial charge in [-0.25, -0.2) is 0 Å². The Morgan fingerprint density at radius 3 is 2.83 bits per heavy atom. The highest BCUT2D eigenvalue weighted by atomic mass is 32.1. The normalized spacial score (nSPS) is 10.1. The third-order valence-electron chi connectivity index (χ3n) is 2.69. The highest BCUT2D eigenvalue weighted by Crippen LogP contribution is 2.17. The summed E-state index contributed by atoms with van der Waals surface area (Å²) in [5, 5.41) is 7.99. The van der Waals surface area contributed by atoms with Crippen molar-refractivity contribution >= 4 is 22.9 Å². The van der Waals surface area contributed by atoms with Gasteiger partial charge in [0, 0.05) is 17.6 Å². The summed E-state index contributed by atoms with van der Waals surface area (Å²) in [5.74, 6) is -0.0484. The van der Waals surface area contributed by atoms with Crippen molar-refractivity contribution in [3.63, 3.8) is 0 Å². The van der Waals surface area contributed by atoms with Crippen LogP contribution in [0.2, 0.25) is 0 Å². The van der Waals surface area contributed by atoms with E-state index < -0.39 is 0 Å². The van der Waals surface area contributed by atoms with Crippen LogP contribution in [0.4, 0.5) is 5.69 Å². The molecule has 0 spiro atoms. The summed E-state index contributed by atoms with van der Waals surface area (Å²) >= 11 is 1.64. The van der Waals surface area contributed by atoms with Crippen LogP contribution in [-0.4, -0.2) is 13.0 Å². The van der Waals surface area contributed by atoms with Gasteiger partial charge in [0.2, 0.25) is 0 Å². The predicted octanol–water partition coefficient (Wildman–Crippen LogP) is 3.03. The molecule has 0 aliphatic rings. The monoisotopic (exact) mass is 260 g/mol. The van der Waals surface area contributed by atoms with E-state index in [-0.39, 0.29) is 5.91 Å². The molecule has 3 nitrogen and oxygen atoms in total. The number of nitrogens with one attached hydrogen (secondary N) is 2. The summed E-state index contributed by atoms with van der Waals surface area (Å²) in [6, 6.07) is 9.77. The minimum Gasteiger partial charge on any atom is -0.387 e. The van der Waals surface area contributed by atoms with Gasteiger partial charge in [-0.05, 0) is 36.1 Å². The first kappa shape index (κ1) is 12.6. The molecule has 18 heavy (non-hydrogen) atoms. The van der Waals surface area contributed by atoms with E-state index in [9.17, 15) is 4.79 Å². The average molecular weight is 260 g/mol. The van der Waals surface area contributed by atoms with Gasteiger partial charge in [-0.3, -0.25) is 4.79 Å². The Labute approximate surface area is 111 Å². The number of aryl methyl sites for hydroxylation is 1. The van der Waals surface area contributed by atoms with Crippen molar-refractivity contribution in [3.05, 3.63) is 51.7 Å². The molecule has 1 heterocycles. The third-order valence-corrected chi connectivity index (χ3v) is 3.57. The predicted molar refractivity (Wildman–Crippen MR) is 76.2 cm³/mol. The van der Waals surface area contributed by atoms with Crippen molar-refractivity contribution in [1.82, 2.24) is 5.32 Å². The standard InChI is InChI=1S/C14H16N2OS/c1-10-5-6-12(13(8-10)15-2)14(17)16-9-11-4-3-7-18-11/h3-8,15H,9H2,1-2H3,(H,16,17). The van der Waals surface area contributed by atoms with Gasteiger partial charge in [0.25, 0.3) is 5.91 Å². The van der Waals surface area contributed by atoms with Gasteiger partial charge in [-0.2, -0.15) is 0 Å². The third kappa shape index (κ3) is 2.90. The van der Waals surface area contributed by atoms with Crippen molar-refractivity contribution in [2.24, 2.45) is 0 Å². The summed E-state index contributed by atoms with van der Waals surface area (Å²) in [4.78, 5) is 13.2. The smallest absolute Gasteiger partial charge is 0.253 e. The van der Waals surface area contributed by atoms with Crippen molar-refractivity contribution in [3.8, 4) is 0 Å². The molecular weight excluding hydrogens is 244 g/mol. The summed E-state index contributed by atoms with van der Waals surface area (Å²) in [6.07, 6.45) is 0. The highest BCUT2D eigenvalue weighted by Gasteiger charge is 2.10. The maximum absolute atomic E-state index is 12.1. The van der Waals surface area contributed by atoms with Crippen LogP contribution >= 0.6 is 11.3 Å². The van der Waals surface area contributed by atoms with Crippen LogP contribution < -0.4 is 10.6 Å². The molecule has 0 saturated carbocycles. The molecule has 0 bridgehead atoms. The summed E-state index contributed by atoms with van der Waals surface area (Å²) in [6.45, 7) is 2.59. The van der Waals surface area contributed by atoms with Crippen LogP contribution in [0.3, 0.4) is 0 Å². The largest absolute Gasteiger partial charge is 0.387 e. The molecule has 1 aromatic carbocycles. The maximum atomic E-state index is 12.1. The maximum Gasteiger partial charge on any atom is 0.253 e. The molecule has 4 heteroatoms. The molecule has 0 unspecified atom stereocenters. The molecule has 0 radical (unpaired) electrons. The lowest BCUT2D eigenvalue weighted by atomic mass is 10.1. The van der Waals surface area contributed by atoms with E-state index in [4.69, 9.17) is 0 Å². The molecule has 94 valence electrons. The molecule has 1 amide bonds. The van der Waals surface area contributed by atoms with Crippen LogP contribution in [0.1, 0.15) is 20.8 Å². The number of benzene rings is 1. The zero-order valence-corrected chi connectivity index (χ0v) is 11.3. The lowest BCUT2D eigenvalue weighted by Crippen LogP contribution is -2.23. The van der Waals surface area contributed by atoms with Gasteiger partial charge >= 0.3 is 0 Å². The van der Waals surface area contributed by atoms with Gasteiger partial charge in [-0.15, -0.1) is 11.3 Å². The summed E-state index contributed by atoms with van der Waals surface area (Å²) in [5.41, 5.74) is 2.67. The molecule has 0 fully saturated rings. The Morgan fingerprint density at radius 1 is 1.33 bits per heavy atom. The number of carbonyl (C=O) groups is 1. The molecule has 2 rings (SSSR count). The Bertz CT molecular complexity index is 535. The summed E-state index contributed by atoms with van der Waals surface area (Å²) in [7, 11) is 1.82. The van der Waals surface area contributed by atoms with E-state index in [2.05, 4.69) is 10.6 Å². The SMILES string of the molecule is CNc1cc(C)ccc1C(=O)NCc1cccs1. The second kappa shape index (κ2) is 5.69. The van der Waals surface area contributed by atoms with Gasteiger partial charge in [0.05, 0.1) is 12.1 Å². The Balaban J connectivity index is 2.09. The molecule has 1 aromatic heterocycles. The second-order valence-electron chi connectivity index (χ2n) is 4.06. The number of hydrogen-bond acceptors (Lipinski definition) is 3. The number of carbonyl (C=O) groups excluding carboxylic acids is 1. The first-order valence-corrected chi connectivity index (χ1v) is 6.67. The highest BCUT2D eigenvalue weighted by molar-refractivity contribution is 7.09. The molecule has 0 aliphatic heterocycles. The van der Waals surface area contributed by atoms with Crippen molar-refractivity contribution in [2.75, 3.05) is 12.4 Å². The molecular formula is C14H16N2OS. The Kier molecular flexibility index (Phi) is 3.99. The molecule has 2 aromatic rings. The Morgan fingerprint density at radius 2 is 2.17 bits per heavy atom. The number of amides is 1. The van der Waals surface area contributed by atoms with Crippen LogP contribution in [-0.2, 0) is 6.54 Å². The van der Waals surface area contributed by atoms with E-state index in [1.54, 1.807) is 11.3 Å². The first-order chi connectivity index (χ1) is 8.70. The van der Waals surface area contributed by atoms with Crippen molar-refractivity contribution in [1.29, 1.82) is 0 Å². The number of anilines is 1. The quantitative estimate of drug-likeness (QED) is 0.887. The van der Waals surface area contributed by atoms with Gasteiger partial charge < -0.3 is 10.6 Å². The van der Waals surface area contributed by atoms with E-state index >= 15 is 0 Å². The number of thiophene rings is 1. The van der Waals surface area contributed by atoms with Gasteiger partial charge in [0.1, 0.15) is 0 Å². The fourth-order valence-corrected chi connectivity index (χ4v) is 2.38. The zero-order valence-electron chi connectivity index (χ0n) is 10.5. The van der Waals surface area contributed by atoms with Crippen LogP contribution in [0.15, 0.2) is 35.7 Å². The first-order valence-electron chi connectivity index (χ1n) is 5.79. The number of rotatable bonds is 4. The molecule has 0 atom stereocenters. The number of hydrogen-bond donors (Lipinski definition) is 2. The minimum atomic E-state index is -0.0484. The average Bonchev–Trinajstić information content (AvgIpc) is 2.88. The van der Waals surface area contributed by atoms with Crippen LogP contribution in [0.25, 0.3) is 0 Å². The lowest BCUT2D eigenvalue weighted by molar-refractivity contribution is 0.0952. The van der Waals surface area contributed by atoms with Crippen LogP contribution in [0, 0.1) is 6.92 Å². The van der Waals surface area contributed by atoms with Crippen LogP contribution in [0.5, 0.6) is 0 Å². The second-order valence-corrected chi connectivity index (χ2v) is 5.09. The molecule has 0 saturated heterocycles. The summed E-state index contributed by atoms with van der Waals surface area (Å²) < 4.78 is 0. The molecule has 0 aliphatic carbocycles. The van der Waals surface area contributed by atoms with E-state index in [1.807, 2.05) is 49.7 Å². The van der Waals surface area contributed by atoms with Crippen molar-refractivity contribution < 1.29 is 4.79 Å². The van der Waals surface area contributed by atoms with Gasteiger partial charge in [-0.1, -0.05) is 12.1 Å². The minimum absolute atomic E-state index is 0.0484. The van der Waals surface area contributed by atoms with Crippen molar-refractivity contribution in [2.45, 2.75) is 13.5 Å². The fourth-order valence-electron chi connectivity index (χ4n) is 1.74. The zero-order chi connectivity index (χ0) is 13.0. The van der Waals surface area contributed by atoms with Gasteiger partial charge in [0.15, 0.2) is 0 Å². The van der Waals surface area contributed by atoms with E-state index in [0.29, 0.717) is 12.1 Å². The lowest BCUT2D eigenvalue weighted by Gasteiger charge is -2.10. The topological polar surface area (TPSA) is 41.1 Å². The van der Waals surface area contributed by atoms with E-state index in [0.717, 1.165) is 16.1 Å². The Hall–Kier alpha value is -1.81. The molecule has 2 N–H and O–H groups in total. The van der Waals surface area contributed by atoms with E-state index in [1.165, 1.54) is 0 Å². The fraction of sp³-hybridized carbons (Fsp3) is 0.214.